The fourth-order valence-corrected chi connectivity index (χ4v) is 7.68. The minimum absolute atomic E-state index is 0.211. The van der Waals surface area contributed by atoms with E-state index >= 15 is 4.39 Å². The van der Waals surface area contributed by atoms with E-state index in [0.717, 1.165) is 0 Å². The van der Waals surface area contributed by atoms with Crippen molar-refractivity contribution in [1.29, 1.82) is 0 Å². The van der Waals surface area contributed by atoms with Crippen molar-refractivity contribution < 1.29 is 43.1 Å². The van der Waals surface area contributed by atoms with Gasteiger partial charge < -0.3 is 20.0 Å². The summed E-state index contributed by atoms with van der Waals surface area (Å²) in [5.74, 6) is -2.87. The van der Waals surface area contributed by atoms with Crippen molar-refractivity contribution in [2.24, 2.45) is 28.6 Å². The number of phosphoric ester groups is 1. The summed E-state index contributed by atoms with van der Waals surface area (Å²) >= 11 is 0. The first-order valence-corrected chi connectivity index (χ1v) is 12.4. The number of aliphatic hydroxyl groups excluding tert-OH is 1. The van der Waals surface area contributed by atoms with Gasteiger partial charge in [0.1, 0.15) is 12.2 Å². The summed E-state index contributed by atoms with van der Waals surface area (Å²) in [7, 11) is -4.93. The predicted molar refractivity (Wildman–Crippen MR) is 111 cm³/mol. The second-order valence-corrected chi connectivity index (χ2v) is 11.6. The highest BCUT2D eigenvalue weighted by molar-refractivity contribution is 7.46. The molecule has 32 heavy (non-hydrogen) atoms. The molecule has 0 aliphatic heterocycles. The van der Waals surface area contributed by atoms with E-state index in [1.807, 2.05) is 0 Å². The number of allylic oxidation sites excluding steroid dienone is 4. The lowest BCUT2D eigenvalue weighted by atomic mass is 9.44. The average Bonchev–Trinajstić information content (AvgIpc) is 2.89. The Morgan fingerprint density at radius 1 is 1.31 bits per heavy atom. The van der Waals surface area contributed by atoms with E-state index in [1.165, 1.54) is 18.2 Å². The average molecular weight is 472 g/mol. The van der Waals surface area contributed by atoms with Crippen LogP contribution in [-0.2, 0) is 18.7 Å². The number of hydrogen-bond acceptors (Lipinski definition) is 6. The van der Waals surface area contributed by atoms with Crippen LogP contribution in [0.3, 0.4) is 0 Å². The van der Waals surface area contributed by atoms with Crippen molar-refractivity contribution in [3.8, 4) is 0 Å². The molecule has 0 radical (unpaired) electrons. The minimum atomic E-state index is -4.93. The number of rotatable bonds is 4. The highest BCUT2D eigenvalue weighted by atomic mass is 31.2. The number of fused-ring (bicyclic) bond motifs is 5. The summed E-state index contributed by atoms with van der Waals surface area (Å²) < 4.78 is 32.5. The van der Waals surface area contributed by atoms with Crippen LogP contribution < -0.4 is 0 Å². The number of carbonyl (C=O) groups is 2. The van der Waals surface area contributed by atoms with Gasteiger partial charge in [0.05, 0.1) is 6.10 Å². The molecule has 0 amide bonds. The van der Waals surface area contributed by atoms with Crippen LogP contribution in [0, 0.1) is 28.6 Å². The van der Waals surface area contributed by atoms with Crippen LogP contribution in [0.15, 0.2) is 23.8 Å². The number of aliphatic hydroxyl groups is 2. The first kappa shape index (κ1) is 23.9. The van der Waals surface area contributed by atoms with Crippen LogP contribution in [0.4, 0.5) is 4.39 Å². The van der Waals surface area contributed by atoms with Gasteiger partial charge in [-0.15, -0.1) is 0 Å². The van der Waals surface area contributed by atoms with E-state index in [2.05, 4.69) is 4.52 Å². The Hall–Kier alpha value is -1.22. The van der Waals surface area contributed by atoms with Crippen LogP contribution in [0.2, 0.25) is 0 Å². The zero-order chi connectivity index (χ0) is 23.9. The first-order valence-electron chi connectivity index (χ1n) is 10.9. The maximum atomic E-state index is 17.0. The zero-order valence-corrected chi connectivity index (χ0v) is 19.2. The summed E-state index contributed by atoms with van der Waals surface area (Å²) in [5.41, 5.74) is -5.88. The molecule has 0 aromatic heterocycles. The molecule has 8 atom stereocenters. The molecule has 178 valence electrons. The Kier molecular flexibility index (Phi) is 5.34. The van der Waals surface area contributed by atoms with Crippen LogP contribution >= 0.6 is 7.82 Å². The van der Waals surface area contributed by atoms with Gasteiger partial charge in [-0.3, -0.25) is 14.1 Å². The molecule has 0 unspecified atom stereocenters. The molecule has 4 aliphatic carbocycles. The standard InChI is InChI=1S/C22H30FO8P/c1-12-8-16-15-5-4-13-9-14(24)6-7-19(13,2)21(15,23)17(25)10-20(16,3)22(12,27)18(26)11-31-32(28,29)30/h6-7,9,12,15-17,25,27H,4-5,8,10-11H2,1-3H3,(H2,28,29,30)/t12-,15-,16-,17-,19-,20-,21-,22-/m1/s1. The zero-order valence-electron chi connectivity index (χ0n) is 18.3. The number of halogens is 1. The van der Waals surface area contributed by atoms with Crippen LogP contribution in [0.25, 0.3) is 0 Å². The Labute approximate surface area is 185 Å². The van der Waals surface area contributed by atoms with Crippen molar-refractivity contribution in [1.82, 2.24) is 0 Å². The van der Waals surface area contributed by atoms with Gasteiger partial charge >= 0.3 is 7.82 Å². The molecule has 4 aliphatic rings. The molecule has 4 N–H and O–H groups in total. The van der Waals surface area contributed by atoms with Gasteiger partial charge in [0.25, 0.3) is 0 Å². The lowest BCUT2D eigenvalue weighted by Crippen LogP contribution is -2.69. The number of Topliss-reactive ketones (excluding diaryl/α,β-unsaturated/α-hetero) is 1. The number of ketones is 2. The van der Waals surface area contributed by atoms with Gasteiger partial charge in [-0.2, -0.15) is 0 Å². The van der Waals surface area contributed by atoms with Crippen LogP contribution in [-0.4, -0.2) is 55.5 Å². The summed E-state index contributed by atoms with van der Waals surface area (Å²) in [6.45, 7) is 4.00. The smallest absolute Gasteiger partial charge is 0.390 e. The van der Waals surface area contributed by atoms with Gasteiger partial charge in [0.15, 0.2) is 17.2 Å². The van der Waals surface area contributed by atoms with Crippen molar-refractivity contribution in [2.45, 2.75) is 63.8 Å². The Bertz CT molecular complexity index is 973. The quantitative estimate of drug-likeness (QED) is 0.456. The molecular weight excluding hydrogens is 442 g/mol. The third kappa shape index (κ3) is 2.95. The largest absolute Gasteiger partial charge is 0.470 e. The Morgan fingerprint density at radius 2 is 1.97 bits per heavy atom. The fraction of sp³-hybridized carbons (Fsp3) is 0.727. The highest BCUT2D eigenvalue weighted by Gasteiger charge is 2.75. The van der Waals surface area contributed by atoms with Crippen LogP contribution in [0.5, 0.6) is 0 Å². The third-order valence-electron chi connectivity index (χ3n) is 9.01. The number of hydrogen-bond donors (Lipinski definition) is 4. The van der Waals surface area contributed by atoms with Crippen LogP contribution in [0.1, 0.15) is 46.5 Å². The lowest BCUT2D eigenvalue weighted by molar-refractivity contribution is -0.219. The van der Waals surface area contributed by atoms with Crippen molar-refractivity contribution in [3.63, 3.8) is 0 Å². The third-order valence-corrected chi connectivity index (χ3v) is 9.48. The maximum absolute atomic E-state index is 17.0. The molecule has 0 aromatic carbocycles. The van der Waals surface area contributed by atoms with Crippen molar-refractivity contribution >= 4 is 19.4 Å². The highest BCUT2D eigenvalue weighted by Crippen LogP contribution is 2.70. The topological polar surface area (TPSA) is 141 Å². The molecule has 8 nitrogen and oxygen atoms in total. The van der Waals surface area contributed by atoms with E-state index in [1.54, 1.807) is 20.8 Å². The van der Waals surface area contributed by atoms with Gasteiger partial charge in [0.2, 0.25) is 0 Å². The second kappa shape index (κ2) is 7.14. The van der Waals surface area contributed by atoms with Gasteiger partial charge in [-0.25, -0.2) is 8.96 Å². The minimum Gasteiger partial charge on any atom is -0.390 e. The molecule has 3 saturated carbocycles. The summed E-state index contributed by atoms with van der Waals surface area (Å²) in [4.78, 5) is 42.8. The molecule has 0 heterocycles. The van der Waals surface area contributed by atoms with E-state index in [4.69, 9.17) is 9.79 Å². The Morgan fingerprint density at radius 3 is 2.59 bits per heavy atom. The van der Waals surface area contributed by atoms with Crippen molar-refractivity contribution in [3.05, 3.63) is 23.8 Å². The van der Waals surface area contributed by atoms with Gasteiger partial charge in [-0.1, -0.05) is 25.5 Å². The molecule has 0 bridgehead atoms. The van der Waals surface area contributed by atoms with Crippen molar-refractivity contribution in [2.75, 3.05) is 6.61 Å². The predicted octanol–water partition coefficient (Wildman–Crippen LogP) is 2.01. The van der Waals surface area contributed by atoms with E-state index in [-0.39, 0.29) is 12.2 Å². The molecule has 4 rings (SSSR count). The molecule has 0 spiro atoms. The molecular formula is C22H30FO8P. The number of carbonyl (C=O) groups excluding carboxylic acids is 2. The molecule has 0 saturated heterocycles. The molecule has 0 aromatic rings. The summed E-state index contributed by atoms with van der Waals surface area (Å²) in [6.07, 6.45) is 3.70. The first-order chi connectivity index (χ1) is 14.6. The second-order valence-electron chi connectivity index (χ2n) is 10.4. The lowest BCUT2D eigenvalue weighted by Gasteiger charge is -2.62. The van der Waals surface area contributed by atoms with E-state index in [9.17, 15) is 24.4 Å². The maximum Gasteiger partial charge on any atom is 0.470 e. The fourth-order valence-electron chi connectivity index (χ4n) is 7.39. The summed E-state index contributed by atoms with van der Waals surface area (Å²) in [5, 5.41) is 22.8. The monoisotopic (exact) mass is 472 g/mol. The molecule has 3 fully saturated rings. The molecule has 10 heteroatoms. The van der Waals surface area contributed by atoms with E-state index < -0.39 is 66.2 Å². The van der Waals surface area contributed by atoms with E-state index in [0.29, 0.717) is 24.8 Å². The number of phosphoric acid groups is 1. The normalized spacial score (nSPS) is 48.0. The SMILES string of the molecule is C[C@@H]1C[C@@H]2[C@H]3CCC4=CC(=O)C=C[C@@]4(C)[C@]3(F)[C@H](O)C[C@@]2(C)[C@]1(O)C(=O)COP(=O)(O)O. The van der Waals surface area contributed by atoms with Gasteiger partial charge in [-0.05, 0) is 56.6 Å². The summed E-state index contributed by atoms with van der Waals surface area (Å²) in [6, 6.07) is 0. The van der Waals surface area contributed by atoms with Gasteiger partial charge in [0, 0.05) is 16.7 Å². The Balaban J connectivity index is 1.74. The number of alkyl halides is 1.